The van der Waals surface area contributed by atoms with E-state index in [1.165, 1.54) is 11.3 Å². The van der Waals surface area contributed by atoms with Crippen molar-refractivity contribution in [3.05, 3.63) is 46.2 Å². The van der Waals surface area contributed by atoms with Crippen LogP contribution in [0.3, 0.4) is 0 Å². The third-order valence-electron chi connectivity index (χ3n) is 2.40. The highest BCUT2D eigenvalue weighted by atomic mass is 32.1. The van der Waals surface area contributed by atoms with Crippen molar-refractivity contribution in [2.75, 3.05) is 14.2 Å². The fraction of sp³-hybridized carbons (Fsp3) is 0.154. The number of carbonyl (C=O) groups is 1. The van der Waals surface area contributed by atoms with E-state index in [1.807, 2.05) is 11.4 Å². The Morgan fingerprint density at radius 3 is 2.59 bits per heavy atom. The number of thiophene rings is 1. The Bertz CT molecular complexity index is 517. The highest BCUT2D eigenvalue weighted by molar-refractivity contribution is 7.12. The van der Waals surface area contributed by atoms with Crippen molar-refractivity contribution in [1.29, 1.82) is 0 Å². The minimum atomic E-state index is -0.0282. The molecule has 0 aliphatic carbocycles. The lowest BCUT2D eigenvalue weighted by Gasteiger charge is -2.08. The number of benzene rings is 1. The zero-order valence-electron chi connectivity index (χ0n) is 9.60. The van der Waals surface area contributed by atoms with Crippen molar-refractivity contribution < 1.29 is 14.3 Å². The molecule has 0 bridgehead atoms. The molecular weight excluding hydrogens is 236 g/mol. The Balaban J connectivity index is 2.41. The number of hydrogen-bond acceptors (Lipinski definition) is 4. The molecule has 0 atom stereocenters. The second-order valence-corrected chi connectivity index (χ2v) is 4.32. The molecule has 0 spiro atoms. The van der Waals surface area contributed by atoms with Gasteiger partial charge in [0, 0.05) is 6.07 Å². The molecule has 0 saturated carbocycles. The van der Waals surface area contributed by atoms with Gasteiger partial charge in [0.25, 0.3) is 0 Å². The van der Waals surface area contributed by atoms with Crippen molar-refractivity contribution in [2.45, 2.75) is 0 Å². The van der Waals surface area contributed by atoms with Gasteiger partial charge in [-0.3, -0.25) is 4.79 Å². The maximum atomic E-state index is 12.2. The van der Waals surface area contributed by atoms with Crippen LogP contribution >= 0.6 is 11.3 Å². The summed E-state index contributed by atoms with van der Waals surface area (Å²) >= 11 is 1.42. The second-order valence-electron chi connectivity index (χ2n) is 3.37. The molecule has 0 radical (unpaired) electrons. The van der Waals surface area contributed by atoms with Crippen LogP contribution in [0.1, 0.15) is 15.2 Å². The van der Waals surface area contributed by atoms with Gasteiger partial charge < -0.3 is 9.47 Å². The zero-order chi connectivity index (χ0) is 12.3. The molecule has 17 heavy (non-hydrogen) atoms. The van der Waals surface area contributed by atoms with Crippen molar-refractivity contribution in [3.8, 4) is 11.5 Å². The van der Waals surface area contributed by atoms with E-state index in [1.54, 1.807) is 38.5 Å². The molecule has 0 aliphatic rings. The summed E-state index contributed by atoms with van der Waals surface area (Å²) in [7, 11) is 3.12. The molecule has 1 aromatic carbocycles. The van der Waals surface area contributed by atoms with Gasteiger partial charge in [0.2, 0.25) is 5.78 Å². The van der Waals surface area contributed by atoms with Crippen LogP contribution in [-0.4, -0.2) is 20.0 Å². The third-order valence-corrected chi connectivity index (χ3v) is 3.27. The average Bonchev–Trinajstić information content (AvgIpc) is 2.91. The number of ether oxygens (including phenoxy) is 2. The van der Waals surface area contributed by atoms with Gasteiger partial charge in [0.05, 0.1) is 24.7 Å². The third kappa shape index (κ3) is 2.31. The number of rotatable bonds is 4. The Morgan fingerprint density at radius 2 is 2.00 bits per heavy atom. The molecule has 88 valence electrons. The van der Waals surface area contributed by atoms with Crippen molar-refractivity contribution in [1.82, 2.24) is 0 Å². The standard InChI is InChI=1S/C13H12O3S/c1-15-9-5-6-10(11(8-9)16-2)13(14)12-4-3-7-17-12/h3-8H,1-2H3. The minimum Gasteiger partial charge on any atom is -0.497 e. The summed E-state index contributed by atoms with van der Waals surface area (Å²) in [6.07, 6.45) is 0. The molecule has 0 unspecified atom stereocenters. The maximum Gasteiger partial charge on any atom is 0.206 e. The monoisotopic (exact) mass is 248 g/mol. The van der Waals surface area contributed by atoms with Crippen molar-refractivity contribution in [2.24, 2.45) is 0 Å². The molecule has 2 aromatic rings. The first-order chi connectivity index (χ1) is 8.26. The Hall–Kier alpha value is -1.81. The molecule has 1 heterocycles. The first-order valence-corrected chi connectivity index (χ1v) is 5.94. The number of carbonyl (C=O) groups excluding carboxylic acids is 1. The lowest BCUT2D eigenvalue weighted by Crippen LogP contribution is -2.02. The normalized spacial score (nSPS) is 10.0. The average molecular weight is 248 g/mol. The largest absolute Gasteiger partial charge is 0.497 e. The summed E-state index contributed by atoms with van der Waals surface area (Å²) in [6, 6.07) is 8.84. The summed E-state index contributed by atoms with van der Waals surface area (Å²) in [4.78, 5) is 12.9. The van der Waals surface area contributed by atoms with E-state index in [0.717, 1.165) is 0 Å². The predicted molar refractivity (Wildman–Crippen MR) is 67.3 cm³/mol. The zero-order valence-corrected chi connectivity index (χ0v) is 10.4. The molecule has 0 aliphatic heterocycles. The van der Waals surface area contributed by atoms with E-state index in [4.69, 9.17) is 9.47 Å². The summed E-state index contributed by atoms with van der Waals surface area (Å²) in [6.45, 7) is 0. The Kier molecular flexibility index (Phi) is 3.44. The second kappa shape index (κ2) is 5.01. The van der Waals surface area contributed by atoms with E-state index in [0.29, 0.717) is 21.9 Å². The molecule has 3 nitrogen and oxygen atoms in total. The van der Waals surface area contributed by atoms with Gasteiger partial charge in [-0.05, 0) is 23.6 Å². The van der Waals surface area contributed by atoms with Crippen LogP contribution in [0.25, 0.3) is 0 Å². The lowest BCUT2D eigenvalue weighted by molar-refractivity contribution is 0.103. The minimum absolute atomic E-state index is 0.0282. The van der Waals surface area contributed by atoms with Crippen LogP contribution < -0.4 is 9.47 Å². The highest BCUT2D eigenvalue weighted by Crippen LogP contribution is 2.27. The lowest BCUT2D eigenvalue weighted by atomic mass is 10.1. The van der Waals surface area contributed by atoms with Crippen LogP contribution in [0.4, 0.5) is 0 Å². The van der Waals surface area contributed by atoms with Gasteiger partial charge in [-0.25, -0.2) is 0 Å². The highest BCUT2D eigenvalue weighted by Gasteiger charge is 2.15. The van der Waals surface area contributed by atoms with Crippen LogP contribution in [0, 0.1) is 0 Å². The Labute approximate surface area is 104 Å². The molecular formula is C13H12O3S. The van der Waals surface area contributed by atoms with Crippen LogP contribution in [0.2, 0.25) is 0 Å². The van der Waals surface area contributed by atoms with Crippen LogP contribution in [0.5, 0.6) is 11.5 Å². The van der Waals surface area contributed by atoms with E-state index in [2.05, 4.69) is 0 Å². The number of ketones is 1. The number of hydrogen-bond donors (Lipinski definition) is 0. The molecule has 0 amide bonds. The van der Waals surface area contributed by atoms with Gasteiger partial charge in [-0.15, -0.1) is 11.3 Å². The smallest absolute Gasteiger partial charge is 0.206 e. The van der Waals surface area contributed by atoms with Crippen molar-refractivity contribution >= 4 is 17.1 Å². The first kappa shape index (κ1) is 11.7. The summed E-state index contributed by atoms with van der Waals surface area (Å²) < 4.78 is 10.3. The van der Waals surface area contributed by atoms with E-state index < -0.39 is 0 Å². The van der Waals surface area contributed by atoms with Crippen LogP contribution in [-0.2, 0) is 0 Å². The van der Waals surface area contributed by atoms with Gasteiger partial charge in [0.1, 0.15) is 11.5 Å². The summed E-state index contributed by atoms with van der Waals surface area (Å²) in [5.74, 6) is 1.17. The van der Waals surface area contributed by atoms with Crippen LogP contribution in [0.15, 0.2) is 35.7 Å². The van der Waals surface area contributed by atoms with Gasteiger partial charge in [0.15, 0.2) is 0 Å². The first-order valence-electron chi connectivity index (χ1n) is 5.06. The molecule has 0 N–H and O–H groups in total. The summed E-state index contributed by atoms with van der Waals surface area (Å²) in [5, 5.41) is 1.88. The Morgan fingerprint density at radius 1 is 1.18 bits per heavy atom. The molecule has 0 fully saturated rings. The van der Waals surface area contributed by atoms with Crippen molar-refractivity contribution in [3.63, 3.8) is 0 Å². The fourth-order valence-corrected chi connectivity index (χ4v) is 2.20. The topological polar surface area (TPSA) is 35.5 Å². The van der Waals surface area contributed by atoms with E-state index in [9.17, 15) is 4.79 Å². The van der Waals surface area contributed by atoms with Gasteiger partial charge in [-0.1, -0.05) is 6.07 Å². The maximum absolute atomic E-state index is 12.2. The fourth-order valence-electron chi connectivity index (χ4n) is 1.53. The van der Waals surface area contributed by atoms with Gasteiger partial charge in [-0.2, -0.15) is 0 Å². The molecule has 1 aromatic heterocycles. The van der Waals surface area contributed by atoms with E-state index in [-0.39, 0.29) is 5.78 Å². The number of methoxy groups -OCH3 is 2. The molecule has 2 rings (SSSR count). The summed E-state index contributed by atoms with van der Waals surface area (Å²) in [5.41, 5.74) is 0.552. The quantitative estimate of drug-likeness (QED) is 0.780. The van der Waals surface area contributed by atoms with E-state index >= 15 is 0 Å². The molecule has 0 saturated heterocycles. The predicted octanol–water partition coefficient (Wildman–Crippen LogP) is 3.00. The SMILES string of the molecule is COc1ccc(C(=O)c2cccs2)c(OC)c1. The molecule has 4 heteroatoms. The van der Waals surface area contributed by atoms with Gasteiger partial charge >= 0.3 is 0 Å².